The molecule has 0 heterocycles. The van der Waals surface area contributed by atoms with Crippen molar-refractivity contribution in [3.63, 3.8) is 0 Å². The van der Waals surface area contributed by atoms with E-state index in [1.165, 1.54) is 0 Å². The first-order chi connectivity index (χ1) is 9.49. The molecule has 0 fully saturated rings. The van der Waals surface area contributed by atoms with Crippen LogP contribution >= 0.6 is 22.6 Å². The number of carbonyl (C=O) groups is 1. The zero-order valence-electron chi connectivity index (χ0n) is 12.9. The van der Waals surface area contributed by atoms with Gasteiger partial charge in [-0.05, 0) is 36.2 Å². The molecule has 0 atom stereocenters. The zero-order valence-corrected chi connectivity index (χ0v) is 16.1. The number of halogens is 1. The van der Waals surface area contributed by atoms with Crippen LogP contribution in [0, 0.1) is 0 Å². The fraction of sp³-hybridized carbons (Fsp3) is 0.533. The van der Waals surface area contributed by atoms with Gasteiger partial charge >= 0.3 is 5.97 Å². The predicted molar refractivity (Wildman–Crippen MR) is 97.5 cm³/mol. The first-order valence-corrected chi connectivity index (χ1v) is 12.7. The monoisotopic (exact) mass is 407 g/mol. The molecule has 1 aromatic rings. The molecule has 0 radical (unpaired) electrons. The van der Waals surface area contributed by atoms with Gasteiger partial charge in [0.1, 0.15) is 0 Å². The molecular weight excluding hydrogens is 381 g/mol. The number of ether oxygens (including phenoxy) is 1. The minimum atomic E-state index is -1.01. The first-order valence-electron chi connectivity index (χ1n) is 6.80. The highest BCUT2D eigenvalue weighted by molar-refractivity contribution is 14.1. The average molecular weight is 407 g/mol. The van der Waals surface area contributed by atoms with E-state index in [0.29, 0.717) is 12.2 Å². The van der Waals surface area contributed by atoms with Gasteiger partial charge in [0.05, 0.1) is 20.2 Å². The molecule has 0 aliphatic carbocycles. The lowest BCUT2D eigenvalue weighted by Gasteiger charge is -2.16. The lowest BCUT2D eigenvalue weighted by Crippen LogP contribution is -2.37. The van der Waals surface area contributed by atoms with Crippen LogP contribution in [0.5, 0.6) is 0 Å². The molecule has 0 saturated carbocycles. The molecule has 5 heteroatoms. The van der Waals surface area contributed by atoms with Crippen LogP contribution < -0.4 is 5.32 Å². The molecule has 20 heavy (non-hydrogen) atoms. The largest absolute Gasteiger partial charge is 0.462 e. The van der Waals surface area contributed by atoms with Crippen molar-refractivity contribution in [2.45, 2.75) is 26.1 Å². The maximum atomic E-state index is 11.6. The number of alkyl halides is 1. The average Bonchev–Trinajstić information content (AvgIpc) is 2.44. The van der Waals surface area contributed by atoms with Crippen molar-refractivity contribution in [3.05, 3.63) is 35.9 Å². The number of benzene rings is 1. The van der Waals surface area contributed by atoms with Crippen molar-refractivity contribution in [1.82, 2.24) is 5.32 Å². The van der Waals surface area contributed by atoms with Gasteiger partial charge in [0, 0.05) is 0 Å². The van der Waals surface area contributed by atoms with Gasteiger partial charge in [-0.1, -0.05) is 60.4 Å². The highest BCUT2D eigenvalue weighted by Gasteiger charge is 2.11. The van der Waals surface area contributed by atoms with Crippen LogP contribution in [0.25, 0.3) is 0 Å². The molecule has 0 amide bonds. The van der Waals surface area contributed by atoms with Crippen molar-refractivity contribution in [2.75, 3.05) is 24.3 Å². The molecule has 1 aromatic carbocycles. The fourth-order valence-corrected chi connectivity index (χ4v) is 2.41. The molecule has 1 N–H and O–H groups in total. The first kappa shape index (κ1) is 19.6. The maximum absolute atomic E-state index is 11.6. The summed E-state index contributed by atoms with van der Waals surface area (Å²) in [5.41, 5.74) is 0.618. The van der Waals surface area contributed by atoms with Crippen molar-refractivity contribution in [2.24, 2.45) is 0 Å². The Morgan fingerprint density at radius 3 is 2.35 bits per heavy atom. The zero-order chi connectivity index (χ0) is 15.4. The standard InChI is InChI=1S/C14H23NO2Si.CH3I/c1-18(2,3)12-15-10-7-11-17-14(16)13-8-5-4-6-9-13;1-2/h4-6,8-9,15H,7,10-12H2,1-3H3;1H3. The molecule has 0 unspecified atom stereocenters. The van der Waals surface area contributed by atoms with Crippen molar-refractivity contribution < 1.29 is 9.53 Å². The van der Waals surface area contributed by atoms with Crippen molar-refractivity contribution >= 4 is 36.6 Å². The van der Waals surface area contributed by atoms with E-state index in [1.807, 2.05) is 23.1 Å². The summed E-state index contributed by atoms with van der Waals surface area (Å²) in [6.07, 6.45) is 1.97. The van der Waals surface area contributed by atoms with Crippen LogP contribution in [-0.4, -0.2) is 38.3 Å². The second-order valence-corrected chi connectivity index (χ2v) is 11.1. The molecule has 1 rings (SSSR count). The highest BCUT2D eigenvalue weighted by atomic mass is 127. The normalized spacial score (nSPS) is 10.4. The Labute approximate surface area is 137 Å². The van der Waals surface area contributed by atoms with Gasteiger partial charge in [-0.25, -0.2) is 4.79 Å². The lowest BCUT2D eigenvalue weighted by atomic mass is 10.2. The Hall–Kier alpha value is -0.403. The number of rotatable bonds is 7. The Bertz CT molecular complexity index is 366. The van der Waals surface area contributed by atoms with Crippen LogP contribution in [0.15, 0.2) is 30.3 Å². The van der Waals surface area contributed by atoms with Gasteiger partial charge in [0.25, 0.3) is 0 Å². The van der Waals surface area contributed by atoms with E-state index in [4.69, 9.17) is 4.74 Å². The summed E-state index contributed by atoms with van der Waals surface area (Å²) in [7, 11) is -1.01. The highest BCUT2D eigenvalue weighted by Crippen LogP contribution is 2.01. The summed E-state index contributed by atoms with van der Waals surface area (Å²) < 4.78 is 5.19. The van der Waals surface area contributed by atoms with Gasteiger partial charge in [0.15, 0.2) is 0 Å². The third-order valence-corrected chi connectivity index (χ3v) is 3.71. The van der Waals surface area contributed by atoms with E-state index in [2.05, 4.69) is 47.5 Å². The molecule has 0 aliphatic rings. The van der Waals surface area contributed by atoms with E-state index < -0.39 is 8.07 Å². The van der Waals surface area contributed by atoms with Gasteiger partial charge in [-0.2, -0.15) is 0 Å². The topological polar surface area (TPSA) is 38.3 Å². The van der Waals surface area contributed by atoms with E-state index in [9.17, 15) is 4.79 Å². The van der Waals surface area contributed by atoms with E-state index in [1.54, 1.807) is 12.1 Å². The summed E-state index contributed by atoms with van der Waals surface area (Å²) in [4.78, 5) is 13.6. The van der Waals surface area contributed by atoms with Crippen molar-refractivity contribution in [1.29, 1.82) is 0 Å². The summed E-state index contributed by atoms with van der Waals surface area (Å²) in [5, 5.41) is 3.41. The van der Waals surface area contributed by atoms with E-state index in [0.717, 1.165) is 19.1 Å². The maximum Gasteiger partial charge on any atom is 0.338 e. The van der Waals surface area contributed by atoms with Crippen LogP contribution in [0.1, 0.15) is 16.8 Å². The van der Waals surface area contributed by atoms with E-state index >= 15 is 0 Å². The van der Waals surface area contributed by atoms with Gasteiger partial charge in [0.2, 0.25) is 0 Å². The fourth-order valence-electron chi connectivity index (χ4n) is 1.48. The van der Waals surface area contributed by atoms with Gasteiger partial charge in [-0.15, -0.1) is 0 Å². The Morgan fingerprint density at radius 2 is 1.80 bits per heavy atom. The minimum absolute atomic E-state index is 0.235. The third kappa shape index (κ3) is 10.4. The SMILES string of the molecule is CI.C[Si](C)(C)CNCCCOC(=O)c1ccccc1. The molecule has 0 aliphatic heterocycles. The summed E-state index contributed by atoms with van der Waals surface area (Å²) in [6, 6.07) is 9.10. The quantitative estimate of drug-likeness (QED) is 0.246. The number of esters is 1. The molecule has 0 aromatic heterocycles. The van der Waals surface area contributed by atoms with Crippen LogP contribution in [-0.2, 0) is 4.74 Å². The molecule has 0 spiro atoms. The smallest absolute Gasteiger partial charge is 0.338 e. The molecule has 0 bridgehead atoms. The third-order valence-electron chi connectivity index (χ3n) is 2.40. The predicted octanol–water partition coefficient (Wildman–Crippen LogP) is 3.75. The van der Waals surface area contributed by atoms with Crippen LogP contribution in [0.2, 0.25) is 19.6 Å². The summed E-state index contributed by atoms with van der Waals surface area (Å²) >= 11 is 2.15. The van der Waals surface area contributed by atoms with Crippen LogP contribution in [0.4, 0.5) is 0 Å². The Morgan fingerprint density at radius 1 is 1.20 bits per heavy atom. The Kier molecular flexibility index (Phi) is 11.1. The number of nitrogens with one attached hydrogen (secondary N) is 1. The van der Waals surface area contributed by atoms with Gasteiger partial charge in [-0.3, -0.25) is 0 Å². The molecule has 3 nitrogen and oxygen atoms in total. The van der Waals surface area contributed by atoms with Crippen molar-refractivity contribution in [3.8, 4) is 0 Å². The van der Waals surface area contributed by atoms with Crippen LogP contribution in [0.3, 0.4) is 0 Å². The number of hydrogen-bond donors (Lipinski definition) is 1. The van der Waals surface area contributed by atoms with Gasteiger partial charge < -0.3 is 10.1 Å². The lowest BCUT2D eigenvalue weighted by molar-refractivity contribution is 0.0501. The molecule has 114 valence electrons. The number of hydrogen-bond acceptors (Lipinski definition) is 3. The summed E-state index contributed by atoms with van der Waals surface area (Å²) in [6.45, 7) is 8.37. The summed E-state index contributed by atoms with van der Waals surface area (Å²) in [5.74, 6) is -0.235. The number of carbonyl (C=O) groups excluding carboxylic acids is 1. The second-order valence-electron chi connectivity index (χ2n) is 5.59. The molecule has 0 saturated heterocycles. The Balaban J connectivity index is 0.00000172. The second kappa shape index (κ2) is 11.3. The van der Waals surface area contributed by atoms with E-state index in [-0.39, 0.29) is 5.97 Å². The minimum Gasteiger partial charge on any atom is -0.462 e. The molecular formula is C15H26INO2Si.